The Balaban J connectivity index is 2.00. The van der Waals surface area contributed by atoms with E-state index in [1.807, 2.05) is 46.2 Å². The second-order valence-electron chi connectivity index (χ2n) is 12.1. The van der Waals surface area contributed by atoms with Gasteiger partial charge in [0.05, 0.1) is 27.2 Å². The van der Waals surface area contributed by atoms with Crippen LogP contribution in [0.15, 0.2) is 78.5 Å². The van der Waals surface area contributed by atoms with Crippen molar-refractivity contribution in [2.75, 3.05) is 55.6 Å². The Bertz CT molecular complexity index is 1440. The van der Waals surface area contributed by atoms with Gasteiger partial charge in [0.1, 0.15) is 5.60 Å². The number of phenols is 1. The number of rotatable bonds is 9. The highest BCUT2D eigenvalue weighted by molar-refractivity contribution is 5.52. The number of likely N-dealkylation sites (N-methyl/N-ethyl adjacent to an activating group) is 1. The Hall–Kier alpha value is -3.88. The van der Waals surface area contributed by atoms with Crippen LogP contribution in [0.5, 0.6) is 23.0 Å². The van der Waals surface area contributed by atoms with Crippen LogP contribution >= 0.6 is 0 Å². The standard InChI is InChI=1S/C36H48N2O6/c1-11-36(4)24(3)34(35(42-10)33(41-9)18-23(2)14-16-37(5)6)43-32-22-27-26(21-31(32)40-8)15-17-38(7)28(27)19-25-12-13-29(39)30(20-25)44-36/h11-13,18,20-22,24,28,39H,1-2,14-17,19H2,3-10H3/b33-18+,35-34-. The van der Waals surface area contributed by atoms with E-state index in [0.29, 0.717) is 34.5 Å². The molecule has 8 nitrogen and oxygen atoms in total. The molecule has 0 amide bonds. The predicted octanol–water partition coefficient (Wildman–Crippen LogP) is 6.42. The minimum absolute atomic E-state index is 0.0527. The number of hydrogen-bond donors (Lipinski definition) is 1. The van der Waals surface area contributed by atoms with E-state index >= 15 is 0 Å². The van der Waals surface area contributed by atoms with Gasteiger partial charge < -0.3 is 33.7 Å². The van der Waals surface area contributed by atoms with E-state index in [1.165, 1.54) is 11.1 Å². The van der Waals surface area contributed by atoms with Crippen LogP contribution in [0.25, 0.3) is 0 Å². The summed E-state index contributed by atoms with van der Waals surface area (Å²) in [7, 11) is 11.0. The highest BCUT2D eigenvalue weighted by Crippen LogP contribution is 2.44. The molecule has 1 N–H and O–H groups in total. The summed E-state index contributed by atoms with van der Waals surface area (Å²) in [5, 5.41) is 10.9. The summed E-state index contributed by atoms with van der Waals surface area (Å²) < 4.78 is 31.3. The first-order valence-corrected chi connectivity index (χ1v) is 15.0. The van der Waals surface area contributed by atoms with Gasteiger partial charge in [0.15, 0.2) is 40.3 Å². The minimum Gasteiger partial charge on any atom is -0.504 e. The molecular formula is C36H48N2O6. The van der Waals surface area contributed by atoms with E-state index in [9.17, 15) is 5.11 Å². The number of allylic oxidation sites excluding steroid dienone is 1. The first kappa shape index (κ1) is 33.0. The predicted molar refractivity (Wildman–Crippen MR) is 174 cm³/mol. The molecule has 2 heterocycles. The van der Waals surface area contributed by atoms with Crippen molar-refractivity contribution in [2.24, 2.45) is 5.92 Å². The maximum atomic E-state index is 10.9. The monoisotopic (exact) mass is 604 g/mol. The Kier molecular flexibility index (Phi) is 10.4. The molecule has 2 aromatic carbocycles. The lowest BCUT2D eigenvalue weighted by molar-refractivity contribution is 0.0694. The van der Waals surface area contributed by atoms with E-state index in [1.54, 1.807) is 33.5 Å². The maximum Gasteiger partial charge on any atom is 0.200 e. The third-order valence-corrected chi connectivity index (χ3v) is 8.80. The smallest absolute Gasteiger partial charge is 0.200 e. The highest BCUT2D eigenvalue weighted by atomic mass is 16.6. The number of nitrogens with zero attached hydrogens (tertiary/aromatic N) is 2. The van der Waals surface area contributed by atoms with Crippen molar-refractivity contribution in [1.82, 2.24) is 9.80 Å². The summed E-state index contributed by atoms with van der Waals surface area (Å²) in [6, 6.07) is 9.82. The van der Waals surface area contributed by atoms with Gasteiger partial charge >= 0.3 is 0 Å². The van der Waals surface area contributed by atoms with Crippen molar-refractivity contribution in [3.05, 3.63) is 95.2 Å². The molecule has 2 aliphatic rings. The van der Waals surface area contributed by atoms with Crippen molar-refractivity contribution >= 4 is 0 Å². The zero-order valence-electron chi connectivity index (χ0n) is 27.5. The van der Waals surface area contributed by atoms with E-state index in [0.717, 1.165) is 43.5 Å². The molecule has 2 aliphatic heterocycles. The highest BCUT2D eigenvalue weighted by Gasteiger charge is 2.39. The molecule has 8 heteroatoms. The fourth-order valence-corrected chi connectivity index (χ4v) is 5.75. The average molecular weight is 605 g/mol. The first-order chi connectivity index (χ1) is 20.9. The van der Waals surface area contributed by atoms with Gasteiger partial charge in [0.25, 0.3) is 0 Å². The molecule has 4 rings (SSSR count). The summed E-state index contributed by atoms with van der Waals surface area (Å²) in [4.78, 5) is 4.46. The van der Waals surface area contributed by atoms with Crippen LogP contribution in [-0.4, -0.2) is 76.1 Å². The Morgan fingerprint density at radius 2 is 1.91 bits per heavy atom. The van der Waals surface area contributed by atoms with Gasteiger partial charge in [0, 0.05) is 19.1 Å². The van der Waals surface area contributed by atoms with Gasteiger partial charge in [-0.05, 0) is 100 Å². The van der Waals surface area contributed by atoms with Crippen LogP contribution in [-0.2, 0) is 22.3 Å². The molecule has 0 spiro atoms. The van der Waals surface area contributed by atoms with Gasteiger partial charge in [-0.15, -0.1) is 0 Å². The number of benzene rings is 2. The maximum absolute atomic E-state index is 10.9. The third kappa shape index (κ3) is 6.92. The molecule has 0 saturated heterocycles. The van der Waals surface area contributed by atoms with Gasteiger partial charge in [-0.25, -0.2) is 0 Å². The van der Waals surface area contributed by atoms with Gasteiger partial charge in [-0.1, -0.05) is 31.7 Å². The Labute approximate surface area is 262 Å². The van der Waals surface area contributed by atoms with Gasteiger partial charge in [0.2, 0.25) is 0 Å². The second-order valence-corrected chi connectivity index (χ2v) is 12.1. The van der Waals surface area contributed by atoms with Gasteiger partial charge in [-0.2, -0.15) is 0 Å². The molecule has 0 aliphatic carbocycles. The van der Waals surface area contributed by atoms with Gasteiger partial charge in [-0.3, -0.25) is 4.90 Å². The molecule has 3 atom stereocenters. The zero-order chi connectivity index (χ0) is 32.2. The fourth-order valence-electron chi connectivity index (χ4n) is 5.75. The van der Waals surface area contributed by atoms with Crippen LogP contribution in [0.4, 0.5) is 0 Å². The number of ether oxygens (including phenoxy) is 5. The number of aromatic hydroxyl groups is 1. The first-order valence-electron chi connectivity index (χ1n) is 15.0. The van der Waals surface area contributed by atoms with E-state index < -0.39 is 11.5 Å². The molecule has 2 aromatic rings. The Morgan fingerprint density at radius 1 is 1.16 bits per heavy atom. The zero-order valence-corrected chi connectivity index (χ0v) is 27.5. The lowest BCUT2D eigenvalue weighted by atomic mass is 9.87. The summed E-state index contributed by atoms with van der Waals surface area (Å²) in [5.74, 6) is 2.44. The number of methoxy groups -OCH3 is 3. The lowest BCUT2D eigenvalue weighted by Crippen LogP contribution is -2.40. The molecule has 0 aromatic heterocycles. The Morgan fingerprint density at radius 3 is 2.55 bits per heavy atom. The normalized spacial score (nSPS) is 23.2. The largest absolute Gasteiger partial charge is 0.504 e. The topological polar surface area (TPSA) is 72.9 Å². The molecule has 0 fully saturated rings. The second kappa shape index (κ2) is 13.8. The summed E-state index contributed by atoms with van der Waals surface area (Å²) >= 11 is 0. The van der Waals surface area contributed by atoms with Crippen LogP contribution < -0.4 is 14.2 Å². The molecule has 238 valence electrons. The minimum atomic E-state index is -1.04. The van der Waals surface area contributed by atoms with Crippen molar-refractivity contribution in [2.45, 2.75) is 44.8 Å². The lowest BCUT2D eigenvalue weighted by Gasteiger charge is -2.36. The molecule has 4 bridgehead atoms. The molecule has 44 heavy (non-hydrogen) atoms. The quantitative estimate of drug-likeness (QED) is 0.200. The fraction of sp³-hybridized carbons (Fsp3) is 0.444. The van der Waals surface area contributed by atoms with E-state index in [4.69, 9.17) is 23.7 Å². The molecular weight excluding hydrogens is 556 g/mol. The van der Waals surface area contributed by atoms with Crippen molar-refractivity contribution in [3.63, 3.8) is 0 Å². The third-order valence-electron chi connectivity index (χ3n) is 8.80. The number of fused-ring (bicyclic) bond motifs is 3. The number of phenolic OH excluding ortho intramolecular Hbond substituents is 1. The summed E-state index contributed by atoms with van der Waals surface area (Å²) in [6.45, 7) is 14.0. The van der Waals surface area contributed by atoms with Crippen LogP contribution in [0, 0.1) is 5.92 Å². The summed E-state index contributed by atoms with van der Waals surface area (Å²) in [6.07, 6.45) is 5.97. The average Bonchev–Trinajstić information content (AvgIpc) is 3.01. The van der Waals surface area contributed by atoms with Crippen LogP contribution in [0.1, 0.15) is 43.0 Å². The van der Waals surface area contributed by atoms with Crippen molar-refractivity contribution < 1.29 is 28.8 Å². The van der Waals surface area contributed by atoms with E-state index in [-0.39, 0.29) is 11.8 Å². The van der Waals surface area contributed by atoms with Crippen LogP contribution in [0.3, 0.4) is 0 Å². The summed E-state index contributed by atoms with van der Waals surface area (Å²) in [5.41, 5.74) is 3.28. The number of hydrogen-bond acceptors (Lipinski definition) is 8. The van der Waals surface area contributed by atoms with Crippen molar-refractivity contribution in [1.29, 1.82) is 0 Å². The van der Waals surface area contributed by atoms with Crippen molar-refractivity contribution in [3.8, 4) is 23.0 Å². The molecule has 3 unspecified atom stereocenters. The molecule has 0 radical (unpaired) electrons. The molecule has 0 saturated carbocycles. The van der Waals surface area contributed by atoms with E-state index in [2.05, 4.69) is 42.1 Å². The van der Waals surface area contributed by atoms with Crippen LogP contribution in [0.2, 0.25) is 0 Å². The SMILES string of the molecule is C=CC1(C)Oc2cc(ccc2O)CC2c3cc(c(OC)cc3CCN2C)O/C(=C(OC)/C(=C\C(=C)CCN(C)C)OC)C1C.